The van der Waals surface area contributed by atoms with Crippen molar-refractivity contribution in [2.24, 2.45) is 35.2 Å². The molecule has 20 aromatic rings. The number of methoxy groups -OCH3 is 2. The fraction of sp³-hybridized carbons (Fsp3) is 0.115. The topological polar surface area (TPSA) is 437 Å². The van der Waals surface area contributed by atoms with Gasteiger partial charge in [0.05, 0.1) is 98.2 Å². The van der Waals surface area contributed by atoms with Crippen LogP contribution in [-0.4, -0.2) is 189 Å². The molecule has 0 bridgehead atoms. The third kappa shape index (κ3) is 17.8. The lowest BCUT2D eigenvalue weighted by Crippen LogP contribution is -2.21. The molecule has 0 unspecified atom stereocenters. The molecule has 9 N–H and O–H groups in total. The summed E-state index contributed by atoms with van der Waals surface area (Å²) in [5, 5.41) is 83.6. The number of nitriles is 2. The van der Waals surface area contributed by atoms with Crippen LogP contribution < -0.4 is 9.47 Å². The summed E-state index contributed by atoms with van der Waals surface area (Å²) in [5.74, 6) is 2.83. The molecule has 0 saturated carbocycles. The second kappa shape index (κ2) is 37.0. The lowest BCUT2D eigenvalue weighted by Gasteiger charge is -2.09. The Morgan fingerprint density at radius 1 is 0.341 bits per heavy atom. The number of ether oxygens (including phenoxy) is 2. The summed E-state index contributed by atoms with van der Waals surface area (Å²) in [6.45, 7) is 0. The first-order chi connectivity index (χ1) is 63.5. The zero-order valence-electron chi connectivity index (χ0n) is 72.3. The minimum atomic E-state index is -1.02. The Bertz CT molecular complexity index is 7880. The molecule has 0 atom stereocenters. The van der Waals surface area contributed by atoms with Crippen molar-refractivity contribution in [1.82, 2.24) is 109 Å². The number of aryl methyl sites for hydroxylation is 5. The molecule has 36 heteroatoms. The summed E-state index contributed by atoms with van der Waals surface area (Å²) < 4.78 is 19.5. The van der Waals surface area contributed by atoms with Gasteiger partial charge in [0.2, 0.25) is 0 Å². The average Bonchev–Trinajstić information content (AvgIpc) is 1.65. The zero-order valence-corrected chi connectivity index (χ0v) is 74.6. The van der Waals surface area contributed by atoms with Gasteiger partial charge in [0.15, 0.2) is 57.9 Å². The Labute approximate surface area is 766 Å². The molecule has 0 aliphatic rings. The lowest BCUT2D eigenvalue weighted by atomic mass is 10.1. The number of amides is 2. The van der Waals surface area contributed by atoms with E-state index in [-0.39, 0.29) is 34.6 Å². The molecular formula is C96H79Cl3N24O9. The number of aromatic hydroxyl groups is 3. The van der Waals surface area contributed by atoms with Crippen LogP contribution in [0.2, 0.25) is 15.1 Å². The van der Waals surface area contributed by atoms with Crippen molar-refractivity contribution >= 4 is 108 Å². The molecule has 0 spiro atoms. The molecule has 0 fully saturated rings. The summed E-state index contributed by atoms with van der Waals surface area (Å²) in [6.07, 6.45) is 0. The minimum absolute atomic E-state index is 0.0210. The van der Waals surface area contributed by atoms with E-state index in [2.05, 4.69) is 87.5 Å². The normalized spacial score (nSPS) is 11.0. The number of benzene rings is 10. The van der Waals surface area contributed by atoms with Gasteiger partial charge in [-0.2, -0.15) is 36.0 Å². The van der Waals surface area contributed by atoms with Crippen molar-refractivity contribution in [3.63, 3.8) is 0 Å². The van der Waals surface area contributed by atoms with E-state index in [1.807, 2.05) is 117 Å². The predicted octanol–water partition coefficient (Wildman–Crippen LogP) is 18.1. The fourth-order valence-corrected chi connectivity index (χ4v) is 15.3. The van der Waals surface area contributed by atoms with Crippen molar-refractivity contribution in [1.29, 1.82) is 10.5 Å². The number of nitrogens with one attached hydrogen (secondary N) is 5. The molecule has 0 radical (unpaired) electrons. The summed E-state index contributed by atoms with van der Waals surface area (Å²) >= 11 is 17.8. The van der Waals surface area contributed by atoms with Crippen molar-refractivity contribution in [3.05, 3.63) is 267 Å². The van der Waals surface area contributed by atoms with Crippen LogP contribution in [0, 0.1) is 22.7 Å². The third-order valence-corrected chi connectivity index (χ3v) is 22.0. The van der Waals surface area contributed by atoms with E-state index in [4.69, 9.17) is 59.9 Å². The first-order valence-corrected chi connectivity index (χ1v) is 41.5. The maximum atomic E-state index is 12.2. The van der Waals surface area contributed by atoms with Gasteiger partial charge in [-0.1, -0.05) is 132 Å². The summed E-state index contributed by atoms with van der Waals surface area (Å²) in [4.78, 5) is 77.3. The number of rotatable bonds is 15. The molecule has 10 aromatic heterocycles. The maximum absolute atomic E-state index is 12.2. The smallest absolute Gasteiger partial charge is 0.335 e. The van der Waals surface area contributed by atoms with Crippen LogP contribution in [-0.2, 0) is 35.2 Å². The van der Waals surface area contributed by atoms with Crippen LogP contribution in [0.1, 0.15) is 42.2 Å². The van der Waals surface area contributed by atoms with Crippen molar-refractivity contribution in [3.8, 4) is 155 Å². The van der Waals surface area contributed by atoms with Crippen LogP contribution in [0.25, 0.3) is 169 Å². The van der Waals surface area contributed by atoms with Crippen LogP contribution >= 0.6 is 34.8 Å². The first-order valence-electron chi connectivity index (χ1n) is 40.4. The number of halogens is 3. The van der Waals surface area contributed by atoms with E-state index >= 15 is 0 Å². The number of imidazole rings is 5. The molecule has 0 aliphatic carbocycles. The van der Waals surface area contributed by atoms with Crippen LogP contribution in [0.15, 0.2) is 224 Å². The van der Waals surface area contributed by atoms with Gasteiger partial charge < -0.3 is 64.6 Å². The second-order valence-electron chi connectivity index (χ2n) is 30.5. The first kappa shape index (κ1) is 88.3. The minimum Gasteiger partial charge on any atom is -0.504 e. The number of aromatic carboxylic acids is 1. The number of carboxylic acid groups (broad SMARTS) is 1. The van der Waals surface area contributed by atoms with E-state index in [0.29, 0.717) is 140 Å². The Morgan fingerprint density at radius 3 is 0.886 bits per heavy atom. The molecule has 33 nitrogen and oxygen atoms in total. The predicted molar refractivity (Wildman–Crippen MR) is 504 cm³/mol. The molecule has 0 saturated heterocycles. The molecule has 10 aromatic carbocycles. The van der Waals surface area contributed by atoms with Gasteiger partial charge in [-0.05, 0) is 127 Å². The van der Waals surface area contributed by atoms with E-state index in [1.54, 1.807) is 196 Å². The van der Waals surface area contributed by atoms with Gasteiger partial charge in [-0.25, -0.2) is 29.7 Å². The maximum Gasteiger partial charge on any atom is 0.335 e. The van der Waals surface area contributed by atoms with Crippen LogP contribution in [0.5, 0.6) is 28.7 Å². The number of aromatic nitrogens is 20. The fourth-order valence-electron chi connectivity index (χ4n) is 14.9. The van der Waals surface area contributed by atoms with E-state index in [0.717, 1.165) is 78.0 Å². The van der Waals surface area contributed by atoms with Gasteiger partial charge in [-0.3, -0.25) is 33.0 Å². The van der Waals surface area contributed by atoms with Gasteiger partial charge >= 0.3 is 5.97 Å². The van der Waals surface area contributed by atoms with Crippen molar-refractivity contribution in [2.45, 2.75) is 0 Å². The highest BCUT2D eigenvalue weighted by Crippen LogP contribution is 2.44. The molecule has 2 amide bonds. The summed E-state index contributed by atoms with van der Waals surface area (Å²) in [5.41, 5.74) is 19.4. The number of carboxylic acids is 1. The number of carbonyl (C=O) groups is 3. The number of hydrogen-bond acceptors (Lipinski definition) is 20. The molecule has 0 aliphatic heterocycles. The summed E-state index contributed by atoms with van der Waals surface area (Å²) in [6, 6.07) is 71.0. The standard InChI is InChI=1S/C21H21N5O2.C20H19N5O2.C19H14ClN5O.C18H12ClN5O.C18H13ClN4O3/c1-25(2)21(27)14-10-11-15-16(12-14)23-20(22-15)18-19(28-4)17(24-26(18)3)13-8-6-5-7-9-13;1-24(2)20(27)13-9-10-14-15(11-13)22-19(21-14)17-18(26)16(23-25(17)3)12-7-5-4-6-8-12;1-25-17(19-22-14-8-3-11(10-21)9-15(14)23-19)18(26-2)16(24-25)12-4-6-13(20)7-5-12;1-24-16(17(25)15(23-24)11-3-5-12(19)6-4-11)18-21-13-7-2-10(9-20)8-14(13)22-18;1-23-15(16(24)14(22-23)9-2-5-11(19)6-3-9)17-20-12-7-4-10(18(25)26)8-13(12)21-17/h5-12H,1-4H3,(H,22,23);4-11,26H,1-3H3,(H,21,22);3-9H,1-2H3,(H,22,23);2-8,25H,1H3,(H,21,22);2-8,24H,1H3,(H,20,21)(H,25,26). The third-order valence-electron chi connectivity index (χ3n) is 21.3. The van der Waals surface area contributed by atoms with E-state index in [1.165, 1.54) is 21.7 Å². The van der Waals surface area contributed by atoms with Crippen molar-refractivity contribution < 1.29 is 44.3 Å². The van der Waals surface area contributed by atoms with E-state index in [9.17, 15) is 29.7 Å². The van der Waals surface area contributed by atoms with Crippen LogP contribution in [0.4, 0.5) is 0 Å². The number of carbonyl (C=O) groups excluding carboxylic acids is 2. The number of nitrogens with zero attached hydrogens (tertiary/aromatic N) is 19. The van der Waals surface area contributed by atoms with Gasteiger partial charge in [0.1, 0.15) is 56.9 Å². The largest absolute Gasteiger partial charge is 0.504 e. The quantitative estimate of drug-likeness (QED) is 0.0460. The van der Waals surface area contributed by atoms with Gasteiger partial charge in [0.25, 0.3) is 11.8 Å². The summed E-state index contributed by atoms with van der Waals surface area (Å²) in [7, 11) is 19.0. The monoisotopic (exact) mass is 1820 g/mol. The highest BCUT2D eigenvalue weighted by atomic mass is 35.5. The van der Waals surface area contributed by atoms with Gasteiger partial charge in [-0.15, -0.1) is 0 Å². The number of H-pyrrole nitrogens is 5. The van der Waals surface area contributed by atoms with Crippen molar-refractivity contribution in [2.75, 3.05) is 42.4 Å². The Morgan fingerprint density at radius 2 is 0.591 bits per heavy atom. The number of fused-ring (bicyclic) bond motifs is 5. The average molecular weight is 1820 g/mol. The highest BCUT2D eigenvalue weighted by molar-refractivity contribution is 6.31. The molecule has 132 heavy (non-hydrogen) atoms. The Hall–Kier alpha value is -17.1. The Balaban J connectivity index is 0.000000120. The van der Waals surface area contributed by atoms with E-state index < -0.39 is 5.97 Å². The SMILES string of the molecule is CN(C)C(=O)c1ccc2nc(-c3c(O)c(-c4ccccc4)nn3C)[nH]c2c1.COc1c(-c2ccc(Cl)cc2)nn(C)c1-c1nc2ccc(C#N)cc2[nH]1.COc1c(-c2ccccc2)nn(C)c1-c1nc2ccc(C(=O)N(C)C)cc2[nH]1.Cn1nc(-c2ccc(Cl)cc2)c(O)c1-c1nc2ccc(C#N)cc2[nH]1.Cn1nc(-c2ccc(Cl)cc2)c(O)c1-c1nc2ccc(C(=O)O)cc2[nH]1. The van der Waals surface area contributed by atoms with Crippen LogP contribution in [0.3, 0.4) is 0 Å². The Kier molecular flexibility index (Phi) is 24.8. The lowest BCUT2D eigenvalue weighted by molar-refractivity contribution is 0.0695. The molecule has 658 valence electrons. The number of aromatic amines is 5. The number of hydrogen-bond donors (Lipinski definition) is 9. The molecular weight excluding hydrogens is 1740 g/mol. The van der Waals surface area contributed by atoms with Gasteiger partial charge in [0, 0.05) is 117 Å². The second-order valence-corrected chi connectivity index (χ2v) is 31.8. The zero-order chi connectivity index (χ0) is 93.2. The molecule has 10 heterocycles. The molecule has 20 rings (SSSR count). The highest BCUT2D eigenvalue weighted by Gasteiger charge is 2.29.